The van der Waals surface area contributed by atoms with E-state index in [1.54, 1.807) is 32.7 Å². The molecular formula is C18H26N4O3S. The fourth-order valence-electron chi connectivity index (χ4n) is 2.40. The van der Waals surface area contributed by atoms with Gasteiger partial charge in [0, 0.05) is 17.6 Å². The summed E-state index contributed by atoms with van der Waals surface area (Å²) in [5, 5.41) is 7.62. The molecule has 0 aliphatic carbocycles. The molecule has 0 saturated carbocycles. The third-order valence-corrected chi connectivity index (χ3v) is 4.50. The highest BCUT2D eigenvalue weighted by Crippen LogP contribution is 2.38. The normalized spacial score (nSPS) is 11.2. The Balaban J connectivity index is 2.12. The Hall–Kier alpha value is -2.48. The Morgan fingerprint density at radius 2 is 1.81 bits per heavy atom. The average Bonchev–Trinajstić information content (AvgIpc) is 3.08. The minimum Gasteiger partial charge on any atom is -0.493 e. The molecule has 0 radical (unpaired) electrons. The number of hydrogen-bond acceptors (Lipinski definition) is 6. The zero-order valence-electron chi connectivity index (χ0n) is 15.9. The first kappa shape index (κ1) is 19.8. The molecule has 2 aromatic rings. The van der Waals surface area contributed by atoms with Gasteiger partial charge in [-0.1, -0.05) is 0 Å². The van der Waals surface area contributed by atoms with Gasteiger partial charge in [0.1, 0.15) is 0 Å². The summed E-state index contributed by atoms with van der Waals surface area (Å²) in [6.45, 7) is 5.98. The fraction of sp³-hybridized carbons (Fsp3) is 0.444. The van der Waals surface area contributed by atoms with Crippen LogP contribution in [0.15, 0.2) is 23.3 Å². The van der Waals surface area contributed by atoms with Crippen LogP contribution in [-0.2, 0) is 13.1 Å². The van der Waals surface area contributed by atoms with Crippen LogP contribution in [0.25, 0.3) is 0 Å². The lowest BCUT2D eigenvalue weighted by atomic mass is 10.2. The molecule has 0 aliphatic heterocycles. The van der Waals surface area contributed by atoms with Crippen LogP contribution in [-0.4, -0.2) is 38.8 Å². The van der Waals surface area contributed by atoms with Crippen LogP contribution in [0, 0.1) is 6.92 Å². The molecule has 0 amide bonds. The van der Waals surface area contributed by atoms with Crippen LogP contribution >= 0.6 is 11.3 Å². The first-order valence-corrected chi connectivity index (χ1v) is 9.15. The average molecular weight is 378 g/mol. The summed E-state index contributed by atoms with van der Waals surface area (Å²) < 4.78 is 16.1. The van der Waals surface area contributed by atoms with E-state index in [2.05, 4.69) is 20.6 Å². The van der Waals surface area contributed by atoms with E-state index in [0.29, 0.717) is 30.3 Å². The number of guanidine groups is 1. The number of rotatable bonds is 8. The number of aromatic nitrogens is 1. The maximum absolute atomic E-state index is 5.39. The Morgan fingerprint density at radius 3 is 2.31 bits per heavy atom. The summed E-state index contributed by atoms with van der Waals surface area (Å²) in [5.74, 6) is 2.56. The lowest BCUT2D eigenvalue weighted by Gasteiger charge is -2.14. The van der Waals surface area contributed by atoms with Crippen LogP contribution in [0.3, 0.4) is 0 Å². The maximum atomic E-state index is 5.39. The molecule has 1 aromatic heterocycles. The number of thiazole rings is 1. The molecular weight excluding hydrogens is 352 g/mol. The SMILES string of the molecule is CCNC(=NCc1cc(OC)c(OC)c(OC)c1)NCc1cnc(C)s1. The van der Waals surface area contributed by atoms with Crippen molar-refractivity contribution in [3.63, 3.8) is 0 Å². The van der Waals surface area contributed by atoms with E-state index in [9.17, 15) is 0 Å². The van der Waals surface area contributed by atoms with Gasteiger partial charge in [0.25, 0.3) is 0 Å². The lowest BCUT2D eigenvalue weighted by Crippen LogP contribution is -2.36. The molecule has 0 unspecified atom stereocenters. The second-order valence-electron chi connectivity index (χ2n) is 5.43. The largest absolute Gasteiger partial charge is 0.493 e. The highest BCUT2D eigenvalue weighted by Gasteiger charge is 2.13. The molecule has 1 aromatic carbocycles. The number of benzene rings is 1. The van der Waals surface area contributed by atoms with Gasteiger partial charge >= 0.3 is 0 Å². The van der Waals surface area contributed by atoms with Crippen LogP contribution in [0.4, 0.5) is 0 Å². The van der Waals surface area contributed by atoms with E-state index >= 15 is 0 Å². The van der Waals surface area contributed by atoms with Gasteiger partial charge < -0.3 is 24.8 Å². The summed E-state index contributed by atoms with van der Waals surface area (Å²) >= 11 is 1.67. The van der Waals surface area contributed by atoms with Crippen LogP contribution in [0.5, 0.6) is 17.2 Å². The van der Waals surface area contributed by atoms with Crippen molar-refractivity contribution < 1.29 is 14.2 Å². The van der Waals surface area contributed by atoms with Crippen molar-refractivity contribution in [3.05, 3.63) is 33.8 Å². The highest BCUT2D eigenvalue weighted by atomic mass is 32.1. The first-order chi connectivity index (χ1) is 12.6. The number of methoxy groups -OCH3 is 3. The van der Waals surface area contributed by atoms with E-state index in [-0.39, 0.29) is 0 Å². The van der Waals surface area contributed by atoms with Gasteiger partial charge in [-0.2, -0.15) is 0 Å². The van der Waals surface area contributed by atoms with E-state index in [0.717, 1.165) is 23.1 Å². The number of aryl methyl sites for hydroxylation is 1. The van der Waals surface area contributed by atoms with Crippen molar-refractivity contribution in [1.82, 2.24) is 15.6 Å². The van der Waals surface area contributed by atoms with Crippen molar-refractivity contribution in [2.75, 3.05) is 27.9 Å². The molecule has 0 saturated heterocycles. The predicted octanol–water partition coefficient (Wildman–Crippen LogP) is 2.73. The van der Waals surface area contributed by atoms with Crippen molar-refractivity contribution in [3.8, 4) is 17.2 Å². The van der Waals surface area contributed by atoms with E-state index in [1.165, 1.54) is 4.88 Å². The summed E-state index contributed by atoms with van der Waals surface area (Å²) in [4.78, 5) is 10.1. The molecule has 0 bridgehead atoms. The summed E-state index contributed by atoms with van der Waals surface area (Å²) in [7, 11) is 4.80. The third-order valence-electron chi connectivity index (χ3n) is 3.59. The Bertz CT molecular complexity index is 721. The van der Waals surface area contributed by atoms with Crippen LogP contribution in [0.1, 0.15) is 22.4 Å². The topological polar surface area (TPSA) is 77.0 Å². The summed E-state index contributed by atoms with van der Waals surface area (Å²) in [6.07, 6.45) is 1.88. The van der Waals surface area contributed by atoms with Crippen molar-refractivity contribution in [2.45, 2.75) is 26.9 Å². The molecule has 1 heterocycles. The van der Waals surface area contributed by atoms with Gasteiger partial charge in [-0.15, -0.1) is 11.3 Å². The van der Waals surface area contributed by atoms with Gasteiger partial charge in [-0.25, -0.2) is 9.98 Å². The zero-order valence-corrected chi connectivity index (χ0v) is 16.7. The monoisotopic (exact) mass is 378 g/mol. The zero-order chi connectivity index (χ0) is 18.9. The van der Waals surface area contributed by atoms with Gasteiger partial charge in [0.15, 0.2) is 17.5 Å². The fourth-order valence-corrected chi connectivity index (χ4v) is 3.13. The summed E-state index contributed by atoms with van der Waals surface area (Å²) in [5.41, 5.74) is 0.963. The highest BCUT2D eigenvalue weighted by molar-refractivity contribution is 7.11. The minimum atomic E-state index is 0.480. The van der Waals surface area contributed by atoms with Crippen LogP contribution < -0.4 is 24.8 Å². The Morgan fingerprint density at radius 1 is 1.12 bits per heavy atom. The molecule has 8 heteroatoms. The summed E-state index contributed by atoms with van der Waals surface area (Å²) in [6, 6.07) is 3.81. The molecule has 2 rings (SSSR count). The number of ether oxygens (including phenoxy) is 3. The third kappa shape index (κ3) is 5.26. The Labute approximate surface area is 158 Å². The first-order valence-electron chi connectivity index (χ1n) is 8.33. The molecule has 2 N–H and O–H groups in total. The second-order valence-corrected chi connectivity index (χ2v) is 6.75. The lowest BCUT2D eigenvalue weighted by molar-refractivity contribution is 0.324. The Kier molecular flexibility index (Phi) is 7.53. The molecule has 0 spiro atoms. The molecule has 142 valence electrons. The molecule has 7 nitrogen and oxygen atoms in total. The maximum Gasteiger partial charge on any atom is 0.203 e. The van der Waals surface area contributed by atoms with E-state index in [1.807, 2.05) is 32.2 Å². The molecule has 0 atom stereocenters. The van der Waals surface area contributed by atoms with Crippen molar-refractivity contribution in [2.24, 2.45) is 4.99 Å². The number of hydrogen-bond donors (Lipinski definition) is 2. The number of aliphatic imine (C=N–C) groups is 1. The predicted molar refractivity (Wildman–Crippen MR) is 105 cm³/mol. The molecule has 0 aliphatic rings. The van der Waals surface area contributed by atoms with Crippen molar-refractivity contribution >= 4 is 17.3 Å². The second kappa shape index (κ2) is 9.86. The standard InChI is InChI=1S/C18H26N4O3S/c1-6-19-18(22-11-14-10-20-12(2)26-14)21-9-13-7-15(23-3)17(25-5)16(8-13)24-4/h7-8,10H,6,9,11H2,1-5H3,(H2,19,21,22). The molecule has 26 heavy (non-hydrogen) atoms. The van der Waals surface area contributed by atoms with Crippen LogP contribution in [0.2, 0.25) is 0 Å². The van der Waals surface area contributed by atoms with Gasteiger partial charge in [0.05, 0.1) is 39.4 Å². The van der Waals surface area contributed by atoms with E-state index in [4.69, 9.17) is 14.2 Å². The van der Waals surface area contributed by atoms with Crippen molar-refractivity contribution in [1.29, 1.82) is 0 Å². The number of nitrogens with zero attached hydrogens (tertiary/aromatic N) is 2. The molecule has 0 fully saturated rings. The number of nitrogens with one attached hydrogen (secondary N) is 2. The van der Waals surface area contributed by atoms with Gasteiger partial charge in [0.2, 0.25) is 5.75 Å². The quantitative estimate of drug-likeness (QED) is 0.543. The smallest absolute Gasteiger partial charge is 0.203 e. The van der Waals surface area contributed by atoms with E-state index < -0.39 is 0 Å². The minimum absolute atomic E-state index is 0.480. The van der Waals surface area contributed by atoms with Gasteiger partial charge in [-0.05, 0) is 31.5 Å². The van der Waals surface area contributed by atoms with Gasteiger partial charge in [-0.3, -0.25) is 0 Å².